The van der Waals surface area contributed by atoms with Crippen molar-refractivity contribution in [2.24, 2.45) is 0 Å². The van der Waals surface area contributed by atoms with E-state index in [0.717, 1.165) is 41.0 Å². The van der Waals surface area contributed by atoms with Crippen LogP contribution in [0.1, 0.15) is 31.8 Å². The summed E-state index contributed by atoms with van der Waals surface area (Å²) in [6.07, 6.45) is 0. The van der Waals surface area contributed by atoms with Gasteiger partial charge < -0.3 is 0 Å². The van der Waals surface area contributed by atoms with Crippen molar-refractivity contribution in [2.45, 2.75) is 3.67 Å². The molecule has 3 rings (SSSR count). The topological polar surface area (TPSA) is 86.6 Å². The zero-order chi connectivity index (χ0) is 16.7. The fraction of sp³-hybridized carbons (Fsp3) is 0.125. The molecule has 2 aromatic rings. The summed E-state index contributed by atoms with van der Waals surface area (Å²) in [5.74, 6) is -1.38. The molecule has 0 unspecified atom stereocenters. The molecule has 0 radical (unpaired) electrons. The number of hydrogen-bond donors (Lipinski definition) is 3. The maximum absolute atomic E-state index is 12.9. The number of benzene rings is 2. The Hall–Kier alpha value is -0.820. The second-order valence-corrected chi connectivity index (χ2v) is 7.70. The summed E-state index contributed by atoms with van der Waals surface area (Å²) in [5.41, 5.74) is 1.07. The Bertz CT molecular complexity index is 848. The van der Waals surface area contributed by atoms with Crippen LogP contribution in [0.25, 0.3) is 0 Å². The van der Waals surface area contributed by atoms with E-state index in [9.17, 15) is 19.8 Å². The van der Waals surface area contributed by atoms with Gasteiger partial charge in [0.25, 0.3) is 0 Å². The number of carbonyl (C=O) groups is 2. The van der Waals surface area contributed by atoms with Gasteiger partial charge in [-0.25, -0.2) is 0 Å². The van der Waals surface area contributed by atoms with Crippen molar-refractivity contribution in [1.82, 2.24) is 0 Å². The molecule has 0 spiro atoms. The molecule has 5 nitrogen and oxygen atoms in total. The number of phenolic OH excluding ortho intramolecular Hbond substituents is 2. The molecular weight excluding hydrogens is 316 g/mol. The van der Waals surface area contributed by atoms with E-state index in [1.54, 1.807) is 0 Å². The van der Waals surface area contributed by atoms with Gasteiger partial charge in [0.05, 0.1) is 0 Å². The van der Waals surface area contributed by atoms with Crippen molar-refractivity contribution in [2.75, 3.05) is 11.9 Å². The van der Waals surface area contributed by atoms with Gasteiger partial charge in [-0.1, -0.05) is 0 Å². The predicted molar refractivity (Wildman–Crippen MR) is 87.5 cm³/mol. The van der Waals surface area contributed by atoms with Gasteiger partial charge in [-0.15, -0.1) is 0 Å². The van der Waals surface area contributed by atoms with Crippen molar-refractivity contribution < 1.29 is 19.8 Å². The van der Waals surface area contributed by atoms with Crippen molar-refractivity contribution in [3.63, 3.8) is 0 Å². The summed E-state index contributed by atoms with van der Waals surface area (Å²) < 4.78 is 1.82. The van der Waals surface area contributed by atoms with Gasteiger partial charge in [-0.3, -0.25) is 0 Å². The van der Waals surface area contributed by atoms with Gasteiger partial charge in [-0.2, -0.15) is 0 Å². The van der Waals surface area contributed by atoms with Crippen LogP contribution in [0, 0.1) is 0 Å². The van der Waals surface area contributed by atoms with Gasteiger partial charge in [-0.05, 0) is 0 Å². The number of anilines is 1. The number of phenols is 2. The normalized spacial score (nSPS) is 12.9. The molecule has 1 aliphatic carbocycles. The van der Waals surface area contributed by atoms with Crippen LogP contribution >= 0.6 is 0 Å². The molecule has 0 aliphatic heterocycles. The molecule has 0 saturated carbocycles. The van der Waals surface area contributed by atoms with E-state index >= 15 is 0 Å². The third-order valence-corrected chi connectivity index (χ3v) is 5.38. The number of carbonyl (C=O) groups excluding carboxylic acids is 2. The van der Waals surface area contributed by atoms with Gasteiger partial charge in [0.2, 0.25) is 0 Å². The molecule has 0 aromatic heterocycles. The fourth-order valence-corrected chi connectivity index (χ4v) is 3.83. The molecule has 106 valence electrons. The third-order valence-electron chi connectivity index (χ3n) is 4.05. The van der Waals surface area contributed by atoms with Crippen LogP contribution < -0.4 is 8.13 Å². The Balaban J connectivity index is 2.31. The van der Waals surface area contributed by atoms with Crippen LogP contribution in [0.3, 0.4) is 0 Å². The summed E-state index contributed by atoms with van der Waals surface area (Å²) in [7, 11) is 0. The molecule has 0 fully saturated rings. The van der Waals surface area contributed by atoms with Gasteiger partial charge in [0.1, 0.15) is 0 Å². The number of nitrogens with one attached hydrogen (secondary N) is 1. The van der Waals surface area contributed by atoms with Crippen LogP contribution in [-0.4, -0.2) is 84.2 Å². The molecule has 1 aliphatic rings. The first-order valence-electron chi connectivity index (χ1n) is 7.49. The number of hydrogen-bond acceptors (Lipinski definition) is 5. The Kier molecular flexibility index (Phi) is 4.88. The first-order valence-corrected chi connectivity index (χ1v) is 9.90. The van der Waals surface area contributed by atoms with Crippen LogP contribution in [0.15, 0.2) is 24.3 Å². The summed E-state index contributed by atoms with van der Waals surface area (Å²) in [6.45, 7) is 0.736. The SMILES string of the molecule is O=C1c2c(O)ccc(O)c2C(=O)c2c(NC[CH2][Na])cc[c]([Na])c21. The monoisotopic (exact) mass is 327 g/mol. The summed E-state index contributed by atoms with van der Waals surface area (Å²) in [5, 5.41) is 23.3. The quantitative estimate of drug-likeness (QED) is 0.486. The summed E-state index contributed by atoms with van der Waals surface area (Å²) in [4.78, 5) is 25.8. The van der Waals surface area contributed by atoms with Crippen molar-refractivity contribution >= 4 is 75.9 Å². The minimum atomic E-state index is -0.420. The van der Waals surface area contributed by atoms with Crippen molar-refractivity contribution in [3.8, 4) is 11.5 Å². The molecule has 0 amide bonds. The van der Waals surface area contributed by atoms with E-state index in [2.05, 4.69) is 5.32 Å². The molecule has 0 bridgehead atoms. The Morgan fingerprint density at radius 3 is 2.00 bits per heavy atom. The average molecular weight is 327 g/mol. The second kappa shape index (κ2) is 6.59. The van der Waals surface area contributed by atoms with Gasteiger partial charge in [0, 0.05) is 0 Å². The van der Waals surface area contributed by atoms with Crippen molar-refractivity contribution in [3.05, 3.63) is 46.5 Å². The first kappa shape index (κ1) is 17.0. The zero-order valence-corrected chi connectivity index (χ0v) is 16.9. The van der Waals surface area contributed by atoms with Crippen LogP contribution in [0.5, 0.6) is 11.5 Å². The number of fused-ring (bicyclic) bond motifs is 2. The number of ketones is 2. The predicted octanol–water partition coefficient (Wildman–Crippen LogP) is 0.666. The summed E-state index contributed by atoms with van der Waals surface area (Å²) >= 11 is 1.65. The number of aromatic hydroxyl groups is 2. The molecular formula is C16H11NNa2O4. The van der Waals surface area contributed by atoms with E-state index in [1.165, 1.54) is 12.1 Å². The Labute approximate surface area is 167 Å². The van der Waals surface area contributed by atoms with Gasteiger partial charge in [0.15, 0.2) is 0 Å². The number of rotatable bonds is 3. The maximum atomic E-state index is 12.9. The van der Waals surface area contributed by atoms with E-state index in [4.69, 9.17) is 0 Å². The molecule has 23 heavy (non-hydrogen) atoms. The van der Waals surface area contributed by atoms with E-state index < -0.39 is 11.6 Å². The first-order chi connectivity index (χ1) is 11.0. The molecule has 0 heterocycles. The van der Waals surface area contributed by atoms with Crippen LogP contribution in [0.4, 0.5) is 5.69 Å². The Morgan fingerprint density at radius 1 is 0.870 bits per heavy atom. The standard InChI is InChI=1S/C16H11NO4.2Na/c1-2-17-9-5-3-4-8-12(9)16(21)14-11(19)7-6-10(18)13(14)15(8)20;;/h3,5-7,17-19H,1-2H2;;. The summed E-state index contributed by atoms with van der Waals surface area (Å²) in [6, 6.07) is 6.13. The Morgan fingerprint density at radius 2 is 1.43 bits per heavy atom. The molecule has 2 aromatic carbocycles. The minimum absolute atomic E-state index is 0.0975. The van der Waals surface area contributed by atoms with E-state index in [1.807, 2.05) is 12.1 Å². The van der Waals surface area contributed by atoms with Gasteiger partial charge >= 0.3 is 169 Å². The molecule has 0 atom stereocenters. The molecule has 7 heteroatoms. The van der Waals surface area contributed by atoms with Crippen molar-refractivity contribution in [1.29, 1.82) is 0 Å². The third kappa shape index (κ3) is 2.76. The van der Waals surface area contributed by atoms with Crippen LogP contribution in [-0.2, 0) is 0 Å². The molecule has 3 N–H and O–H groups in total. The average Bonchev–Trinajstić information content (AvgIpc) is 2.53. The van der Waals surface area contributed by atoms with E-state index in [-0.39, 0.29) is 22.6 Å². The zero-order valence-electron chi connectivity index (χ0n) is 12.9. The van der Waals surface area contributed by atoms with Crippen LogP contribution in [0.2, 0.25) is 3.67 Å². The fourth-order valence-electron chi connectivity index (χ4n) is 2.93. The second-order valence-electron chi connectivity index (χ2n) is 5.62. The molecule has 0 saturated heterocycles. The van der Waals surface area contributed by atoms with E-state index in [0.29, 0.717) is 44.7 Å².